The van der Waals surface area contributed by atoms with Crippen LogP contribution in [-0.2, 0) is 27.2 Å². The second-order valence-corrected chi connectivity index (χ2v) is 22.1. The lowest BCUT2D eigenvalue weighted by Gasteiger charge is -2.36. The van der Waals surface area contributed by atoms with Gasteiger partial charge in [-0.2, -0.15) is 20.2 Å². The number of halogens is 7. The minimum Gasteiger partial charge on any atom is -0.508 e. The second kappa shape index (κ2) is 22.0. The summed E-state index contributed by atoms with van der Waals surface area (Å²) >= 11 is 9.31. The zero-order chi connectivity index (χ0) is 50.5. The van der Waals surface area contributed by atoms with Crippen LogP contribution in [0, 0.1) is 0 Å². The topological polar surface area (TPSA) is 156 Å². The van der Waals surface area contributed by atoms with Gasteiger partial charge < -0.3 is 19.3 Å². The number of carbonyl (C=O) groups is 2. The largest absolute Gasteiger partial charge is 0.508 e. The molecule has 2 aliphatic rings. The van der Waals surface area contributed by atoms with Gasteiger partial charge in [0, 0.05) is 71.9 Å². The number of benzene rings is 4. The van der Waals surface area contributed by atoms with Crippen molar-refractivity contribution in [2.75, 3.05) is 39.9 Å². The molecule has 0 unspecified atom stereocenters. The van der Waals surface area contributed by atoms with E-state index >= 15 is 0 Å². The van der Waals surface area contributed by atoms with Gasteiger partial charge in [-0.1, -0.05) is 0 Å². The number of rotatable bonds is 11. The molecule has 6 heterocycles. The number of pyridine rings is 2. The number of amides is 4. The van der Waals surface area contributed by atoms with Gasteiger partial charge in [-0.25, -0.2) is 37.0 Å². The molecule has 10 rings (SSSR count). The van der Waals surface area contributed by atoms with E-state index in [1.54, 1.807) is 74.8 Å². The highest BCUT2D eigenvalue weighted by Crippen LogP contribution is 2.40. The summed E-state index contributed by atoms with van der Waals surface area (Å²) < 4.78 is 69.6. The summed E-state index contributed by atoms with van der Waals surface area (Å²) in [5.41, 5.74) is 5.47. The summed E-state index contributed by atoms with van der Waals surface area (Å²) in [6.07, 6.45) is -1.52. The Morgan fingerprint density at radius 1 is 0.606 bits per heavy atom. The predicted molar refractivity (Wildman–Crippen MR) is 274 cm³/mol. The van der Waals surface area contributed by atoms with Gasteiger partial charge in [0.1, 0.15) is 23.1 Å². The zero-order valence-corrected chi connectivity index (χ0v) is 42.5. The van der Waals surface area contributed by atoms with Crippen molar-refractivity contribution < 1.29 is 46.5 Å². The second-order valence-electron chi connectivity index (χ2n) is 15.6. The molecule has 366 valence electrons. The van der Waals surface area contributed by atoms with Crippen molar-refractivity contribution in [2.24, 2.45) is 14.1 Å². The van der Waals surface area contributed by atoms with Gasteiger partial charge >= 0.3 is 15.2 Å². The highest BCUT2D eigenvalue weighted by molar-refractivity contribution is 9.69. The van der Waals surface area contributed by atoms with Crippen LogP contribution < -0.4 is 33.8 Å². The molecule has 4 aromatic carbocycles. The molecule has 0 saturated carbocycles. The van der Waals surface area contributed by atoms with E-state index in [1.165, 1.54) is 34.1 Å². The van der Waals surface area contributed by atoms with E-state index in [0.717, 1.165) is 27.4 Å². The first kappa shape index (κ1) is 50.5. The number of nitrogens with zero attached hydrogens (tertiary/aromatic N) is 10. The minimum absolute atomic E-state index is 0.00384. The van der Waals surface area contributed by atoms with E-state index < -0.39 is 26.1 Å². The number of carbonyl (C=O) groups excluding carboxylic acids is 2. The van der Waals surface area contributed by atoms with Gasteiger partial charge in [0.05, 0.1) is 42.6 Å². The van der Waals surface area contributed by atoms with Crippen molar-refractivity contribution >= 4 is 119 Å². The van der Waals surface area contributed by atoms with Crippen LogP contribution in [-0.4, -0.2) is 83.1 Å². The number of aromatic nitrogens is 6. The fourth-order valence-electron chi connectivity index (χ4n) is 7.72. The number of anilines is 6. The van der Waals surface area contributed by atoms with Crippen LogP contribution >= 0.6 is 47.3 Å². The maximum atomic E-state index is 13.8. The number of hydrogen-bond acceptors (Lipinski definition) is 10. The average Bonchev–Trinajstić information content (AvgIpc) is 3.92. The molecular formula is C47H40BBr3F4N10O6. The first-order valence-corrected chi connectivity index (χ1v) is 24.1. The van der Waals surface area contributed by atoms with Crippen LogP contribution in [0.2, 0.25) is 0 Å². The zero-order valence-electron chi connectivity index (χ0n) is 37.7. The molecular weight excluding hydrogens is 1130 g/mol. The molecule has 4 amide bonds. The lowest BCUT2D eigenvalue weighted by molar-refractivity contribution is 0.0794. The van der Waals surface area contributed by atoms with Crippen molar-refractivity contribution in [2.45, 2.75) is 25.9 Å². The number of ether oxygens (including phenoxy) is 3. The van der Waals surface area contributed by atoms with Crippen LogP contribution in [0.3, 0.4) is 0 Å². The highest BCUT2D eigenvalue weighted by atomic mass is 79.9. The molecule has 0 saturated heterocycles. The summed E-state index contributed by atoms with van der Waals surface area (Å²) in [5.74, 6) is 1.32. The Kier molecular flexibility index (Phi) is 15.7. The number of methoxy groups -OCH3 is 1. The Labute approximate surface area is 428 Å². The minimum atomic E-state index is -2.64. The third-order valence-electron chi connectivity index (χ3n) is 10.8. The van der Waals surface area contributed by atoms with Crippen LogP contribution in [0.4, 0.5) is 61.5 Å². The predicted octanol–water partition coefficient (Wildman–Crippen LogP) is 11.7. The van der Waals surface area contributed by atoms with Crippen LogP contribution in [0.1, 0.15) is 11.1 Å². The first-order valence-electron chi connectivity index (χ1n) is 21.3. The normalized spacial score (nSPS) is 13.2. The summed E-state index contributed by atoms with van der Waals surface area (Å²) in [6, 6.07) is 30.0. The summed E-state index contributed by atoms with van der Waals surface area (Å²) in [4.78, 5) is 42.2. The Hall–Kier alpha value is -6.92. The number of urea groups is 2. The molecule has 1 N–H and O–H groups in total. The Morgan fingerprint density at radius 2 is 1.00 bits per heavy atom. The Bertz CT molecular complexity index is 3190. The lowest BCUT2D eigenvalue weighted by Crippen LogP contribution is -2.45. The van der Waals surface area contributed by atoms with E-state index in [0.29, 0.717) is 39.9 Å². The van der Waals surface area contributed by atoms with Gasteiger partial charge in [0.2, 0.25) is 11.8 Å². The maximum Gasteiger partial charge on any atom is 0.369 e. The lowest BCUT2D eigenvalue weighted by atomic mass is 10.1. The molecule has 24 heteroatoms. The molecule has 4 aromatic heterocycles. The van der Waals surface area contributed by atoms with Gasteiger partial charge in [-0.15, -0.1) is 47.3 Å². The van der Waals surface area contributed by atoms with E-state index in [4.69, 9.17) is 14.2 Å². The number of alkyl halides is 4. The number of aromatic hydroxyl groups is 1. The number of phenols is 1. The van der Waals surface area contributed by atoms with Gasteiger partial charge in [0.25, 0.3) is 12.9 Å². The van der Waals surface area contributed by atoms with Crippen molar-refractivity contribution in [1.29, 1.82) is 0 Å². The van der Waals surface area contributed by atoms with Gasteiger partial charge in [-0.3, -0.25) is 19.2 Å². The standard InChI is InChI=1S/C24H21F2N5O3.C23H19F2N5O3.BBr3/c1-29-12-16-11-18(6-9-20(16)28-29)30-13-15-3-10-22(34-14-21(25)26)27-23(15)31(24(30)32)17-4-7-19(33-2)8-5-17;1-28-11-15-10-17(5-8-19(15)27-28)29-12-14-2-9-21(33-13-20(24)25)26-22(14)30(23(29)32)16-3-6-18(31)7-4-16;2-1(3)4/h3-12,21H,13-14H2,1-2H3;2-11,20,31H,12-13H2,1H3;. The fraction of sp³-hybridized carbons (Fsp3) is 0.191. The summed E-state index contributed by atoms with van der Waals surface area (Å²) in [7, 11) is 5.22. The molecule has 0 bridgehead atoms. The van der Waals surface area contributed by atoms with Gasteiger partial charge in [0.15, 0.2) is 13.2 Å². The third-order valence-corrected chi connectivity index (χ3v) is 10.8. The smallest absolute Gasteiger partial charge is 0.369 e. The molecule has 8 aromatic rings. The first-order chi connectivity index (χ1) is 34.0. The number of fused-ring (bicyclic) bond motifs is 4. The van der Waals surface area contributed by atoms with Crippen molar-refractivity contribution in [3.05, 3.63) is 133 Å². The summed E-state index contributed by atoms with van der Waals surface area (Å²) in [6.45, 7) is -1.08. The molecule has 0 atom stereocenters. The summed E-state index contributed by atoms with van der Waals surface area (Å²) in [5, 5.41) is 20.2. The number of aryl methyl sites for hydroxylation is 2. The highest BCUT2D eigenvalue weighted by Gasteiger charge is 2.36. The SMILES string of the molecule is BrB(Br)Br.COc1ccc(N2C(=O)N(c3ccc4nn(C)cc4c3)Cc3ccc(OCC(F)F)nc32)cc1.Cn1cc2cc(N3Cc4ccc(OCC(F)F)nc4N(c4ccc(O)cc4)C3=O)ccc2n1. The molecule has 0 spiro atoms. The molecule has 71 heavy (non-hydrogen) atoms. The van der Waals surface area contributed by atoms with E-state index in [1.807, 2.05) is 62.9 Å². The van der Waals surface area contributed by atoms with Crippen molar-refractivity contribution in [1.82, 2.24) is 29.5 Å². The van der Waals surface area contributed by atoms with E-state index in [-0.39, 0.29) is 51.7 Å². The Morgan fingerprint density at radius 3 is 1.39 bits per heavy atom. The Balaban J connectivity index is 0.000000177. The van der Waals surface area contributed by atoms with Crippen molar-refractivity contribution in [3.8, 4) is 23.3 Å². The van der Waals surface area contributed by atoms with E-state index in [2.05, 4.69) is 67.4 Å². The van der Waals surface area contributed by atoms with Gasteiger partial charge in [-0.05, 0) is 97.1 Å². The third kappa shape index (κ3) is 11.8. The van der Waals surface area contributed by atoms with E-state index in [9.17, 15) is 32.3 Å². The molecule has 16 nitrogen and oxygen atoms in total. The molecule has 0 fully saturated rings. The molecule has 2 aliphatic heterocycles. The molecule has 0 aliphatic carbocycles. The fourth-order valence-corrected chi connectivity index (χ4v) is 7.72. The number of hydrogen-bond donors (Lipinski definition) is 1. The van der Waals surface area contributed by atoms with Crippen LogP contribution in [0.5, 0.6) is 23.3 Å². The van der Waals surface area contributed by atoms with Crippen LogP contribution in [0.25, 0.3) is 21.8 Å². The average molecular weight is 1170 g/mol. The number of phenolic OH excluding ortho intramolecular Hbond substituents is 1. The van der Waals surface area contributed by atoms with Crippen molar-refractivity contribution in [3.63, 3.8) is 0 Å². The molecule has 0 radical (unpaired) electrons. The van der Waals surface area contributed by atoms with Crippen LogP contribution in [0.15, 0.2) is 122 Å². The monoisotopic (exact) mass is 1160 g/mol. The maximum absolute atomic E-state index is 13.8. The quantitative estimate of drug-likeness (QED) is 0.0977.